The number of rotatable bonds is 6. The van der Waals surface area contributed by atoms with Crippen molar-refractivity contribution in [2.75, 3.05) is 6.54 Å². The minimum atomic E-state index is 0. The SMILES string of the molecule is CC.CCN[C@@H](Cc1ccc(C)cc1)C(C)CC.[HH]. The third-order valence-corrected chi connectivity index (χ3v) is 3.37. The van der Waals surface area contributed by atoms with E-state index >= 15 is 0 Å². The summed E-state index contributed by atoms with van der Waals surface area (Å²) in [6.07, 6.45) is 2.38. The lowest BCUT2D eigenvalue weighted by atomic mass is 9.92. The van der Waals surface area contributed by atoms with Gasteiger partial charge in [0, 0.05) is 7.47 Å². The molecule has 1 aromatic carbocycles. The van der Waals surface area contributed by atoms with Crippen LogP contribution in [-0.4, -0.2) is 12.6 Å². The first-order chi connectivity index (χ1) is 8.67. The fourth-order valence-electron chi connectivity index (χ4n) is 2.00. The van der Waals surface area contributed by atoms with Gasteiger partial charge in [0.05, 0.1) is 0 Å². The molecule has 0 spiro atoms. The highest BCUT2D eigenvalue weighted by Gasteiger charge is 2.14. The standard InChI is InChI=1S/C15H25N.C2H6.H2/c1-5-13(4)15(16-6-2)11-14-9-7-12(3)8-10-14;1-2;/h7-10,13,15-16H,5-6,11H2,1-4H3;1-2H3;1H/t13?,15-;;/m0../s1. The topological polar surface area (TPSA) is 12.0 Å². The van der Waals surface area contributed by atoms with Gasteiger partial charge in [-0.1, -0.05) is 70.9 Å². The second-order valence-corrected chi connectivity index (χ2v) is 4.74. The highest BCUT2D eigenvalue weighted by Crippen LogP contribution is 2.14. The van der Waals surface area contributed by atoms with Crippen LogP contribution in [0.15, 0.2) is 24.3 Å². The summed E-state index contributed by atoms with van der Waals surface area (Å²) in [5.41, 5.74) is 2.78. The third kappa shape index (κ3) is 6.20. The Hall–Kier alpha value is -0.820. The average Bonchev–Trinajstić information content (AvgIpc) is 2.42. The van der Waals surface area contributed by atoms with E-state index in [2.05, 4.69) is 57.3 Å². The van der Waals surface area contributed by atoms with Gasteiger partial charge in [-0.3, -0.25) is 0 Å². The lowest BCUT2D eigenvalue weighted by Crippen LogP contribution is -2.36. The van der Waals surface area contributed by atoms with Crippen molar-refractivity contribution in [3.63, 3.8) is 0 Å². The van der Waals surface area contributed by atoms with Crippen LogP contribution in [0, 0.1) is 12.8 Å². The predicted molar refractivity (Wildman–Crippen MR) is 85.3 cm³/mol. The maximum atomic E-state index is 3.60. The van der Waals surface area contributed by atoms with Gasteiger partial charge < -0.3 is 5.32 Å². The van der Waals surface area contributed by atoms with E-state index in [0.717, 1.165) is 18.9 Å². The summed E-state index contributed by atoms with van der Waals surface area (Å²) in [4.78, 5) is 0. The van der Waals surface area contributed by atoms with Crippen molar-refractivity contribution in [3.05, 3.63) is 35.4 Å². The minimum absolute atomic E-state index is 0. The molecule has 18 heavy (non-hydrogen) atoms. The summed E-state index contributed by atoms with van der Waals surface area (Å²) in [6, 6.07) is 9.52. The molecule has 1 N–H and O–H groups in total. The number of benzene rings is 1. The smallest absolute Gasteiger partial charge is 0.0133 e. The van der Waals surface area contributed by atoms with Crippen LogP contribution in [0.1, 0.15) is 53.6 Å². The van der Waals surface area contributed by atoms with Crippen LogP contribution < -0.4 is 5.32 Å². The van der Waals surface area contributed by atoms with Crippen molar-refractivity contribution in [1.82, 2.24) is 5.32 Å². The average molecular weight is 251 g/mol. The molecule has 106 valence electrons. The highest BCUT2D eigenvalue weighted by molar-refractivity contribution is 5.22. The highest BCUT2D eigenvalue weighted by atomic mass is 14.9. The van der Waals surface area contributed by atoms with Gasteiger partial charge in [-0.05, 0) is 31.4 Å². The quantitative estimate of drug-likeness (QED) is 0.763. The van der Waals surface area contributed by atoms with Gasteiger partial charge in [-0.15, -0.1) is 0 Å². The van der Waals surface area contributed by atoms with Gasteiger partial charge in [0.2, 0.25) is 0 Å². The Morgan fingerprint density at radius 1 is 1.11 bits per heavy atom. The van der Waals surface area contributed by atoms with Crippen LogP contribution in [-0.2, 0) is 6.42 Å². The molecule has 1 unspecified atom stereocenters. The second-order valence-electron chi connectivity index (χ2n) is 4.74. The van der Waals surface area contributed by atoms with Gasteiger partial charge >= 0.3 is 0 Å². The van der Waals surface area contributed by atoms with Crippen LogP contribution in [0.4, 0.5) is 0 Å². The Balaban J connectivity index is 0. The van der Waals surface area contributed by atoms with Crippen LogP contribution >= 0.6 is 0 Å². The predicted octanol–water partition coefficient (Wildman–Crippen LogP) is 4.83. The second kappa shape index (κ2) is 10.1. The van der Waals surface area contributed by atoms with E-state index in [1.807, 2.05) is 13.8 Å². The van der Waals surface area contributed by atoms with Gasteiger partial charge in [0.1, 0.15) is 0 Å². The Morgan fingerprint density at radius 3 is 2.11 bits per heavy atom. The normalized spacial score (nSPS) is 13.4. The number of hydrogen-bond acceptors (Lipinski definition) is 1. The molecule has 0 heterocycles. The number of likely N-dealkylation sites (N-methyl/N-ethyl adjacent to an activating group) is 1. The monoisotopic (exact) mass is 251 g/mol. The largest absolute Gasteiger partial charge is 0.314 e. The van der Waals surface area contributed by atoms with Gasteiger partial charge in [-0.2, -0.15) is 0 Å². The first-order valence-electron chi connectivity index (χ1n) is 7.46. The molecule has 1 rings (SSSR count). The van der Waals surface area contributed by atoms with Crippen molar-refractivity contribution >= 4 is 0 Å². The number of aryl methyl sites for hydroxylation is 1. The molecule has 0 bridgehead atoms. The molecule has 0 aliphatic rings. The van der Waals surface area contributed by atoms with E-state index in [-0.39, 0.29) is 1.43 Å². The molecule has 0 radical (unpaired) electrons. The van der Waals surface area contributed by atoms with E-state index in [9.17, 15) is 0 Å². The third-order valence-electron chi connectivity index (χ3n) is 3.37. The molecule has 0 aliphatic heterocycles. The van der Waals surface area contributed by atoms with E-state index in [4.69, 9.17) is 0 Å². The Labute approximate surface area is 115 Å². The van der Waals surface area contributed by atoms with Crippen LogP contribution in [0.25, 0.3) is 0 Å². The fraction of sp³-hybridized carbons (Fsp3) is 0.647. The Bertz CT molecular complexity index is 295. The van der Waals surface area contributed by atoms with E-state index in [1.165, 1.54) is 17.5 Å². The van der Waals surface area contributed by atoms with E-state index in [0.29, 0.717) is 6.04 Å². The summed E-state index contributed by atoms with van der Waals surface area (Å²) >= 11 is 0. The van der Waals surface area contributed by atoms with E-state index < -0.39 is 0 Å². The van der Waals surface area contributed by atoms with Crippen LogP contribution in [0.5, 0.6) is 0 Å². The molecule has 1 aromatic rings. The molecule has 1 nitrogen and oxygen atoms in total. The molecule has 0 saturated heterocycles. The summed E-state index contributed by atoms with van der Waals surface area (Å²) < 4.78 is 0. The summed E-state index contributed by atoms with van der Waals surface area (Å²) in [7, 11) is 0. The van der Waals surface area contributed by atoms with Crippen LogP contribution in [0.3, 0.4) is 0 Å². The summed E-state index contributed by atoms with van der Waals surface area (Å²) in [5.74, 6) is 0.737. The van der Waals surface area contributed by atoms with Crippen molar-refractivity contribution in [3.8, 4) is 0 Å². The molecule has 0 saturated carbocycles. The summed E-state index contributed by atoms with van der Waals surface area (Å²) in [6.45, 7) is 14.0. The Morgan fingerprint density at radius 2 is 1.67 bits per heavy atom. The number of hydrogen-bond donors (Lipinski definition) is 1. The van der Waals surface area contributed by atoms with Crippen molar-refractivity contribution in [2.45, 2.75) is 60.4 Å². The molecule has 0 amide bonds. The molecular weight excluding hydrogens is 218 g/mol. The first-order valence-corrected chi connectivity index (χ1v) is 7.46. The molecular formula is C17H33N. The van der Waals surface area contributed by atoms with Crippen molar-refractivity contribution < 1.29 is 1.43 Å². The maximum absolute atomic E-state index is 3.60. The lowest BCUT2D eigenvalue weighted by Gasteiger charge is -2.24. The zero-order chi connectivity index (χ0) is 14.0. The molecule has 1 heteroatoms. The van der Waals surface area contributed by atoms with Gasteiger partial charge in [0.15, 0.2) is 0 Å². The molecule has 0 fully saturated rings. The fourth-order valence-corrected chi connectivity index (χ4v) is 2.00. The zero-order valence-electron chi connectivity index (χ0n) is 13.1. The Kier molecular flexibility index (Phi) is 9.67. The first kappa shape index (κ1) is 17.2. The maximum Gasteiger partial charge on any atom is 0.0133 e. The zero-order valence-corrected chi connectivity index (χ0v) is 13.1. The van der Waals surface area contributed by atoms with Gasteiger partial charge in [0.25, 0.3) is 0 Å². The van der Waals surface area contributed by atoms with Crippen LogP contribution in [0.2, 0.25) is 0 Å². The molecule has 2 atom stereocenters. The lowest BCUT2D eigenvalue weighted by molar-refractivity contribution is 0.371. The minimum Gasteiger partial charge on any atom is -0.314 e. The molecule has 0 aliphatic carbocycles. The van der Waals surface area contributed by atoms with Crippen molar-refractivity contribution in [2.24, 2.45) is 5.92 Å². The number of nitrogens with one attached hydrogen (secondary N) is 1. The van der Waals surface area contributed by atoms with Gasteiger partial charge in [-0.25, -0.2) is 0 Å². The molecule has 0 aromatic heterocycles. The summed E-state index contributed by atoms with van der Waals surface area (Å²) in [5, 5.41) is 3.60. The van der Waals surface area contributed by atoms with Crippen molar-refractivity contribution in [1.29, 1.82) is 0 Å². The van der Waals surface area contributed by atoms with E-state index in [1.54, 1.807) is 0 Å².